The summed E-state index contributed by atoms with van der Waals surface area (Å²) in [6.07, 6.45) is 0. The minimum absolute atomic E-state index is 0. The van der Waals surface area contributed by atoms with Crippen LogP contribution in [-0.4, -0.2) is 11.1 Å². The summed E-state index contributed by atoms with van der Waals surface area (Å²) in [6, 6.07) is 5.86. The second kappa shape index (κ2) is 5.00. The molecule has 0 fully saturated rings. The van der Waals surface area contributed by atoms with Gasteiger partial charge >= 0.3 is 5.97 Å². The van der Waals surface area contributed by atoms with Gasteiger partial charge in [-0.3, -0.25) is 0 Å². The number of carboxylic acid groups (broad SMARTS) is 1. The van der Waals surface area contributed by atoms with Crippen molar-refractivity contribution in [2.45, 2.75) is 11.8 Å². The van der Waals surface area contributed by atoms with Gasteiger partial charge in [0.1, 0.15) is 0 Å². The van der Waals surface area contributed by atoms with Crippen LogP contribution < -0.4 is 0 Å². The van der Waals surface area contributed by atoms with Gasteiger partial charge in [0, 0.05) is 32.7 Å². The van der Waals surface area contributed by atoms with Crippen LogP contribution >= 0.6 is 12.6 Å². The van der Waals surface area contributed by atoms with Crippen LogP contribution in [-0.2, 0) is 32.7 Å². The molecule has 0 aromatic heterocycles. The van der Waals surface area contributed by atoms with E-state index in [4.69, 9.17) is 5.11 Å². The summed E-state index contributed by atoms with van der Waals surface area (Å²) in [7, 11) is 0. The molecule has 1 N–H and O–H groups in total. The first-order chi connectivity index (χ1) is 5.13. The second-order valence-corrected chi connectivity index (χ2v) is 2.62. The summed E-state index contributed by atoms with van der Waals surface area (Å²) >= 11 is 4.04. The molecule has 0 aliphatic rings. The van der Waals surface area contributed by atoms with Crippen LogP contribution in [0.4, 0.5) is 0 Å². The Labute approximate surface area is 102 Å². The molecule has 2 nitrogen and oxygen atoms in total. The number of benzene rings is 1. The van der Waals surface area contributed by atoms with E-state index in [1.165, 1.54) is 6.07 Å². The van der Waals surface area contributed by atoms with E-state index in [9.17, 15) is 4.79 Å². The fourth-order valence-electron chi connectivity index (χ4n) is 0.796. The summed E-state index contributed by atoms with van der Waals surface area (Å²) in [5, 5.41) is 8.64. The Morgan fingerprint density at radius 3 is 2.67 bits per heavy atom. The van der Waals surface area contributed by atoms with Gasteiger partial charge in [-0.15, -0.1) is 10.5 Å². The maximum Gasteiger partial charge on any atom is 0.311 e. The molecule has 0 saturated carbocycles. The van der Waals surface area contributed by atoms with E-state index in [0.717, 1.165) is 0 Å². The molecule has 0 spiro atoms. The standard InChI is InChI=1S/C8H7O2S.Y/c1-5-6(8(9)10)3-2-4-7(5)11;/h2-3,11H,1H3,(H,9,10);/q-1;. The fourth-order valence-corrected chi connectivity index (χ4v) is 0.991. The molecule has 12 heavy (non-hydrogen) atoms. The predicted molar refractivity (Wildman–Crippen MR) is 44.2 cm³/mol. The molecule has 0 saturated heterocycles. The van der Waals surface area contributed by atoms with E-state index < -0.39 is 5.97 Å². The van der Waals surface area contributed by atoms with Gasteiger partial charge in [-0.1, -0.05) is 6.92 Å². The molecule has 4 heteroatoms. The Morgan fingerprint density at radius 1 is 1.67 bits per heavy atom. The van der Waals surface area contributed by atoms with Crippen molar-refractivity contribution in [1.82, 2.24) is 0 Å². The van der Waals surface area contributed by atoms with E-state index >= 15 is 0 Å². The fraction of sp³-hybridized carbons (Fsp3) is 0.125. The molecule has 0 bridgehead atoms. The van der Waals surface area contributed by atoms with Gasteiger partial charge in [-0.05, 0) is 5.56 Å². The second-order valence-electron chi connectivity index (χ2n) is 2.17. The molecule has 1 rings (SSSR count). The first-order valence-corrected chi connectivity index (χ1v) is 3.51. The number of thiol groups is 1. The smallest absolute Gasteiger partial charge is 0.311 e. The van der Waals surface area contributed by atoms with Crippen molar-refractivity contribution < 1.29 is 42.6 Å². The van der Waals surface area contributed by atoms with E-state index in [1.54, 1.807) is 13.0 Å². The average molecular weight is 256 g/mol. The van der Waals surface area contributed by atoms with Crippen molar-refractivity contribution in [3.63, 3.8) is 0 Å². The number of aromatic carboxylic acids is 1. The molecule has 0 heterocycles. The molecule has 1 aromatic carbocycles. The van der Waals surface area contributed by atoms with Crippen molar-refractivity contribution in [3.8, 4) is 0 Å². The van der Waals surface area contributed by atoms with Crippen LogP contribution in [0, 0.1) is 13.0 Å². The van der Waals surface area contributed by atoms with Crippen LogP contribution in [0.15, 0.2) is 17.0 Å². The predicted octanol–water partition coefficient (Wildman–Crippen LogP) is 1.78. The van der Waals surface area contributed by atoms with Crippen molar-refractivity contribution in [1.29, 1.82) is 0 Å². The van der Waals surface area contributed by atoms with E-state index in [0.29, 0.717) is 10.5 Å². The Morgan fingerprint density at radius 2 is 2.25 bits per heavy atom. The summed E-state index contributed by atoms with van der Waals surface area (Å²) in [6.45, 7) is 1.71. The van der Waals surface area contributed by atoms with Gasteiger partial charge in [-0.25, -0.2) is 4.79 Å². The van der Waals surface area contributed by atoms with Crippen molar-refractivity contribution >= 4 is 18.6 Å². The van der Waals surface area contributed by atoms with Gasteiger partial charge in [-0.2, -0.15) is 30.8 Å². The van der Waals surface area contributed by atoms with Gasteiger partial charge in [0.15, 0.2) is 0 Å². The van der Waals surface area contributed by atoms with Crippen molar-refractivity contribution in [2.24, 2.45) is 0 Å². The molecule has 0 aliphatic heterocycles. The Hall–Kier alpha value is 0.144. The van der Waals surface area contributed by atoms with Gasteiger partial charge in [0.2, 0.25) is 0 Å². The van der Waals surface area contributed by atoms with E-state index in [-0.39, 0.29) is 38.3 Å². The molecule has 1 radical (unpaired) electrons. The van der Waals surface area contributed by atoms with Gasteiger partial charge in [0.25, 0.3) is 0 Å². The molecule has 0 atom stereocenters. The molecule has 1 aromatic rings. The molecule has 0 aliphatic carbocycles. The molecule has 61 valence electrons. The van der Waals surface area contributed by atoms with Gasteiger partial charge < -0.3 is 5.11 Å². The van der Waals surface area contributed by atoms with Crippen LogP contribution in [0.1, 0.15) is 15.9 Å². The number of hydrogen-bond donors (Lipinski definition) is 2. The third-order valence-electron chi connectivity index (χ3n) is 1.46. The van der Waals surface area contributed by atoms with Crippen molar-refractivity contribution in [3.05, 3.63) is 29.3 Å². The first kappa shape index (κ1) is 12.1. The minimum Gasteiger partial charge on any atom is -0.479 e. The van der Waals surface area contributed by atoms with Crippen LogP contribution in [0.25, 0.3) is 0 Å². The minimum atomic E-state index is -0.924. The van der Waals surface area contributed by atoms with Crippen molar-refractivity contribution in [2.75, 3.05) is 0 Å². The number of carboxylic acids is 1. The molecular weight excluding hydrogens is 249 g/mol. The maximum atomic E-state index is 10.5. The average Bonchev–Trinajstić information content (AvgIpc) is 1.94. The molecular formula is C8H7O2SY-. The Balaban J connectivity index is 0.00000121. The Kier molecular flexibility index (Phi) is 5.06. The zero-order valence-electron chi connectivity index (χ0n) is 6.53. The summed E-state index contributed by atoms with van der Waals surface area (Å²) in [5.74, 6) is -0.924. The monoisotopic (exact) mass is 256 g/mol. The van der Waals surface area contributed by atoms with Gasteiger partial charge in [0.05, 0.1) is 0 Å². The maximum absolute atomic E-state index is 10.5. The van der Waals surface area contributed by atoms with Crippen LogP contribution in [0.3, 0.4) is 0 Å². The van der Waals surface area contributed by atoms with Crippen LogP contribution in [0.5, 0.6) is 0 Å². The topological polar surface area (TPSA) is 37.3 Å². The Bertz CT molecular complexity index is 299. The zero-order chi connectivity index (χ0) is 8.43. The quantitative estimate of drug-likeness (QED) is 0.593. The summed E-state index contributed by atoms with van der Waals surface area (Å²) < 4.78 is 0. The summed E-state index contributed by atoms with van der Waals surface area (Å²) in [4.78, 5) is 11.1. The third-order valence-corrected chi connectivity index (χ3v) is 1.92. The zero-order valence-corrected chi connectivity index (χ0v) is 10.3. The number of carbonyl (C=O) groups is 1. The molecule has 0 unspecified atom stereocenters. The largest absolute Gasteiger partial charge is 0.479 e. The molecule has 0 amide bonds. The number of hydrogen-bond acceptors (Lipinski definition) is 2. The summed E-state index contributed by atoms with van der Waals surface area (Å²) in [5.41, 5.74) is 0.942. The van der Waals surface area contributed by atoms with Crippen LogP contribution in [0.2, 0.25) is 0 Å². The third kappa shape index (κ3) is 2.58. The SMILES string of the molecule is Cc1c(S)[c-]ccc1C(=O)O.[Y]. The normalized spacial score (nSPS) is 8.83. The van der Waals surface area contributed by atoms with E-state index in [1.807, 2.05) is 0 Å². The first-order valence-electron chi connectivity index (χ1n) is 3.06. The van der Waals surface area contributed by atoms with E-state index in [2.05, 4.69) is 18.7 Å². The number of rotatable bonds is 1.